The van der Waals surface area contributed by atoms with E-state index < -0.39 is 6.17 Å². The number of halogens is 1. The first-order chi connectivity index (χ1) is 20.8. The average molecular weight is 577 g/mol. The molecule has 1 saturated carbocycles. The van der Waals surface area contributed by atoms with Crippen molar-refractivity contribution >= 4 is 28.2 Å². The van der Waals surface area contributed by atoms with Crippen LogP contribution in [0.15, 0.2) is 60.8 Å². The van der Waals surface area contributed by atoms with Crippen molar-refractivity contribution in [3.8, 4) is 22.5 Å². The molecule has 2 aliphatic heterocycles. The molecule has 1 aliphatic carbocycles. The SMILES string of the molecule is Cc1c(-c2cc3ccc(-c4ccc5c(c4)C(=O)NC5)cc3n2CC2CC2)nn2cc(C(=O)N3C[C@H](N)C[C@@H](F)C3)ccc12. The van der Waals surface area contributed by atoms with Crippen LogP contribution >= 0.6 is 0 Å². The summed E-state index contributed by atoms with van der Waals surface area (Å²) in [7, 11) is 0. The molecule has 0 radical (unpaired) electrons. The molecule has 0 unspecified atom stereocenters. The number of aryl methyl sites for hydroxylation is 1. The molecule has 3 aliphatic rings. The molecule has 2 amide bonds. The van der Waals surface area contributed by atoms with Crippen LogP contribution < -0.4 is 11.1 Å². The Hall–Kier alpha value is -4.50. The van der Waals surface area contributed by atoms with Gasteiger partial charge in [-0.2, -0.15) is 5.10 Å². The van der Waals surface area contributed by atoms with E-state index in [-0.39, 0.29) is 30.8 Å². The standard InChI is InChI=1S/C34H33FN6O2/c1-19-29-9-8-25(34(43)39-17-26(35)13-27(36)18-39)16-41(29)38-32(19)31-12-23-6-4-22(11-30(23)40(31)15-20-2-3-20)21-5-7-24-14-37-33(42)28(24)10-21/h4-12,16,20,26-27H,2-3,13-15,17-18,36H2,1H3,(H,37,42)/t26-,27-/m1/s1. The summed E-state index contributed by atoms with van der Waals surface area (Å²) in [6, 6.07) is 18.2. The van der Waals surface area contributed by atoms with E-state index >= 15 is 0 Å². The number of fused-ring (bicyclic) bond motifs is 3. The van der Waals surface area contributed by atoms with Crippen LogP contribution in [-0.2, 0) is 13.1 Å². The van der Waals surface area contributed by atoms with Crippen molar-refractivity contribution in [2.24, 2.45) is 11.7 Å². The summed E-state index contributed by atoms with van der Waals surface area (Å²) in [5.41, 5.74) is 15.3. The molecule has 8 rings (SSSR count). The van der Waals surface area contributed by atoms with Gasteiger partial charge in [0.25, 0.3) is 11.8 Å². The van der Waals surface area contributed by atoms with Gasteiger partial charge in [0, 0.05) is 53.9 Å². The quantitative estimate of drug-likeness (QED) is 0.304. The number of nitrogens with two attached hydrogens (primary N) is 1. The molecule has 0 spiro atoms. The van der Waals surface area contributed by atoms with E-state index in [1.165, 1.54) is 17.7 Å². The minimum atomic E-state index is -1.11. The predicted molar refractivity (Wildman–Crippen MR) is 164 cm³/mol. The van der Waals surface area contributed by atoms with E-state index in [9.17, 15) is 14.0 Å². The zero-order chi connectivity index (χ0) is 29.4. The number of nitrogens with one attached hydrogen (secondary N) is 1. The van der Waals surface area contributed by atoms with E-state index in [2.05, 4.69) is 47.1 Å². The fraction of sp³-hybridized carbons (Fsp3) is 0.324. The lowest BCUT2D eigenvalue weighted by atomic mass is 9.99. The minimum Gasteiger partial charge on any atom is -0.348 e. The number of hydrogen-bond donors (Lipinski definition) is 2. The van der Waals surface area contributed by atoms with Gasteiger partial charge in [0.05, 0.1) is 23.3 Å². The smallest absolute Gasteiger partial charge is 0.255 e. The van der Waals surface area contributed by atoms with Gasteiger partial charge in [-0.1, -0.05) is 24.3 Å². The highest BCUT2D eigenvalue weighted by Gasteiger charge is 2.30. The van der Waals surface area contributed by atoms with Crippen LogP contribution in [0.25, 0.3) is 38.9 Å². The first kappa shape index (κ1) is 26.2. The highest BCUT2D eigenvalue weighted by molar-refractivity contribution is 6.00. The fourth-order valence-corrected chi connectivity index (χ4v) is 6.74. The summed E-state index contributed by atoms with van der Waals surface area (Å²) < 4.78 is 18.3. The molecule has 5 heterocycles. The van der Waals surface area contributed by atoms with Crippen LogP contribution in [0.2, 0.25) is 0 Å². The third-order valence-electron chi connectivity index (χ3n) is 9.25. The number of rotatable bonds is 5. The zero-order valence-electron chi connectivity index (χ0n) is 24.0. The number of piperidine rings is 1. The maximum Gasteiger partial charge on any atom is 0.255 e. The topological polar surface area (TPSA) is 97.7 Å². The lowest BCUT2D eigenvalue weighted by Gasteiger charge is -2.32. The molecule has 9 heteroatoms. The summed E-state index contributed by atoms with van der Waals surface area (Å²) >= 11 is 0. The van der Waals surface area contributed by atoms with E-state index in [4.69, 9.17) is 10.8 Å². The molecule has 3 N–H and O–H groups in total. The summed E-state index contributed by atoms with van der Waals surface area (Å²) in [6.07, 6.45) is 3.36. The van der Waals surface area contributed by atoms with Crippen molar-refractivity contribution in [2.75, 3.05) is 13.1 Å². The van der Waals surface area contributed by atoms with Gasteiger partial charge in [-0.15, -0.1) is 0 Å². The van der Waals surface area contributed by atoms with Gasteiger partial charge in [-0.05, 0) is 79.1 Å². The molecule has 3 aromatic heterocycles. The summed E-state index contributed by atoms with van der Waals surface area (Å²) in [5.74, 6) is 0.392. The van der Waals surface area contributed by atoms with Crippen LogP contribution in [0.4, 0.5) is 4.39 Å². The van der Waals surface area contributed by atoms with Crippen LogP contribution in [0.3, 0.4) is 0 Å². The number of carbonyl (C=O) groups is 2. The molecule has 2 atom stereocenters. The van der Waals surface area contributed by atoms with Crippen LogP contribution in [0.5, 0.6) is 0 Å². The Morgan fingerprint density at radius 3 is 2.67 bits per heavy atom. The number of amides is 2. The molecule has 2 fully saturated rings. The largest absolute Gasteiger partial charge is 0.348 e. The van der Waals surface area contributed by atoms with E-state index in [0.717, 1.165) is 62.2 Å². The predicted octanol–water partition coefficient (Wildman–Crippen LogP) is 5.10. The van der Waals surface area contributed by atoms with Gasteiger partial charge >= 0.3 is 0 Å². The van der Waals surface area contributed by atoms with Gasteiger partial charge < -0.3 is 20.5 Å². The number of pyridine rings is 1. The Labute approximate surface area is 248 Å². The normalized spacial score (nSPS) is 20.2. The second-order valence-corrected chi connectivity index (χ2v) is 12.4. The van der Waals surface area contributed by atoms with E-state index in [1.54, 1.807) is 16.8 Å². The van der Waals surface area contributed by atoms with Crippen molar-refractivity contribution in [2.45, 2.75) is 51.5 Å². The first-order valence-corrected chi connectivity index (χ1v) is 15.1. The summed E-state index contributed by atoms with van der Waals surface area (Å²) in [4.78, 5) is 27.1. The number of nitrogens with zero attached hydrogens (tertiary/aromatic N) is 4. The van der Waals surface area contributed by atoms with Crippen LogP contribution in [0.1, 0.15) is 51.1 Å². The van der Waals surface area contributed by atoms with Gasteiger partial charge in [-0.25, -0.2) is 8.91 Å². The maximum absolute atomic E-state index is 14.2. The second kappa shape index (κ2) is 9.77. The molecule has 2 aromatic carbocycles. The summed E-state index contributed by atoms with van der Waals surface area (Å²) in [6.45, 7) is 3.97. The Balaban J connectivity index is 1.19. The number of aromatic nitrogens is 3. The minimum absolute atomic E-state index is 0.0179. The third kappa shape index (κ3) is 4.50. The molecule has 8 nitrogen and oxygen atoms in total. The fourth-order valence-electron chi connectivity index (χ4n) is 6.74. The van der Waals surface area contributed by atoms with Gasteiger partial charge in [0.2, 0.25) is 0 Å². The van der Waals surface area contributed by atoms with E-state index in [0.29, 0.717) is 24.6 Å². The second-order valence-electron chi connectivity index (χ2n) is 12.4. The first-order valence-electron chi connectivity index (χ1n) is 15.1. The Bertz CT molecular complexity index is 1940. The molecule has 0 bridgehead atoms. The molecule has 1 saturated heterocycles. The van der Waals surface area contributed by atoms with Crippen molar-refractivity contribution < 1.29 is 14.0 Å². The molecular formula is C34H33FN6O2. The number of carbonyl (C=O) groups excluding carboxylic acids is 2. The number of hydrogen-bond acceptors (Lipinski definition) is 4. The summed E-state index contributed by atoms with van der Waals surface area (Å²) in [5, 5.41) is 9.03. The lowest BCUT2D eigenvalue weighted by molar-refractivity contribution is 0.0606. The molecule has 5 aromatic rings. The maximum atomic E-state index is 14.2. The van der Waals surface area contributed by atoms with Gasteiger partial charge in [0.15, 0.2) is 0 Å². The number of benzene rings is 2. The lowest BCUT2D eigenvalue weighted by Crippen LogP contribution is -2.50. The molecular weight excluding hydrogens is 543 g/mol. The number of alkyl halides is 1. The van der Waals surface area contributed by atoms with Crippen molar-refractivity contribution in [3.05, 3.63) is 83.0 Å². The Kier molecular flexibility index (Phi) is 5.94. The van der Waals surface area contributed by atoms with E-state index in [1.807, 2.05) is 18.2 Å². The third-order valence-corrected chi connectivity index (χ3v) is 9.25. The zero-order valence-corrected chi connectivity index (χ0v) is 24.0. The average Bonchev–Trinajstić information content (AvgIpc) is 3.53. The van der Waals surface area contributed by atoms with Gasteiger partial charge in [0.1, 0.15) is 11.9 Å². The Morgan fingerprint density at radius 1 is 1.05 bits per heavy atom. The van der Waals surface area contributed by atoms with Crippen molar-refractivity contribution in [1.82, 2.24) is 24.4 Å². The van der Waals surface area contributed by atoms with Crippen molar-refractivity contribution in [1.29, 1.82) is 0 Å². The number of likely N-dealkylation sites (tertiary alicyclic amines) is 1. The highest BCUT2D eigenvalue weighted by Crippen LogP contribution is 2.38. The van der Waals surface area contributed by atoms with Gasteiger partial charge in [-0.3, -0.25) is 9.59 Å². The van der Waals surface area contributed by atoms with Crippen LogP contribution in [-0.4, -0.2) is 56.2 Å². The van der Waals surface area contributed by atoms with Crippen LogP contribution in [0, 0.1) is 12.8 Å². The van der Waals surface area contributed by atoms with Crippen molar-refractivity contribution in [3.63, 3.8) is 0 Å². The highest BCUT2D eigenvalue weighted by atomic mass is 19.1. The monoisotopic (exact) mass is 576 g/mol. The Morgan fingerprint density at radius 2 is 1.86 bits per heavy atom. The molecule has 218 valence electrons. The molecule has 43 heavy (non-hydrogen) atoms.